The van der Waals surface area contributed by atoms with Gasteiger partial charge in [0.25, 0.3) is 0 Å². The largest absolute Gasteiger partial charge is 0.494 e. The number of carbonyl (C=O) groups is 3. The lowest BCUT2D eigenvalue weighted by Crippen LogP contribution is -2.59. The average Bonchev–Trinajstić information content (AvgIpc) is 3.65. The maximum atomic E-state index is 13.3. The molecule has 5 heterocycles. The summed E-state index contributed by atoms with van der Waals surface area (Å²) in [7, 11) is 1.46. The molecule has 216 valence electrons. The van der Waals surface area contributed by atoms with Crippen molar-refractivity contribution in [3.63, 3.8) is 0 Å². The Labute approximate surface area is 241 Å². The van der Waals surface area contributed by atoms with E-state index in [1.54, 1.807) is 31.6 Å². The van der Waals surface area contributed by atoms with E-state index in [1.165, 1.54) is 30.1 Å². The number of ether oxygens (including phenoxy) is 1. The molecule has 0 aromatic carbocycles. The molecule has 0 bridgehead atoms. The van der Waals surface area contributed by atoms with Crippen molar-refractivity contribution in [1.82, 2.24) is 34.1 Å². The fraction of sp³-hybridized carbons (Fsp3) is 0.393. The zero-order valence-corrected chi connectivity index (χ0v) is 23.0. The van der Waals surface area contributed by atoms with Crippen LogP contribution in [0.5, 0.6) is 5.75 Å². The second-order valence-corrected chi connectivity index (χ2v) is 10.1. The first-order valence-corrected chi connectivity index (χ1v) is 13.4. The molecule has 5 rings (SSSR count). The summed E-state index contributed by atoms with van der Waals surface area (Å²) in [5.74, 6) is -1.02. The zero-order chi connectivity index (χ0) is 30.0. The average molecular weight is 572 g/mol. The van der Waals surface area contributed by atoms with Crippen molar-refractivity contribution < 1.29 is 24.2 Å². The predicted molar refractivity (Wildman–Crippen MR) is 147 cm³/mol. The number of likely N-dealkylation sites (tertiary alicyclic amines) is 1. The standard InChI is InChI=1S/C28H29N9O5/c1-3-24(38)35-11-10-34(16-21(35)4-7-29)28(41)33-8-5-20(6-9-33)36-17-22(27(39)40)25(32-36)18-12-23(42-2)26-19(13-30)14-31-37(26)15-18/h3,12,14-15,17,20-21H,1,4-6,8-11,16H2,2H3,(H,39,40)/t21-/m0/s1. The number of amides is 3. The Kier molecular flexibility index (Phi) is 7.80. The summed E-state index contributed by atoms with van der Waals surface area (Å²) < 4.78 is 8.58. The Bertz CT molecular complexity index is 1640. The van der Waals surface area contributed by atoms with E-state index in [-0.39, 0.29) is 42.2 Å². The van der Waals surface area contributed by atoms with Crippen LogP contribution in [-0.4, -0.2) is 103 Å². The van der Waals surface area contributed by atoms with Gasteiger partial charge in [0.15, 0.2) is 0 Å². The summed E-state index contributed by atoms with van der Waals surface area (Å²) in [6.07, 6.45) is 7.00. The van der Waals surface area contributed by atoms with Crippen LogP contribution in [0.1, 0.15) is 41.2 Å². The monoisotopic (exact) mass is 571 g/mol. The number of aromatic carboxylic acids is 1. The molecule has 14 nitrogen and oxygen atoms in total. The minimum Gasteiger partial charge on any atom is -0.494 e. The molecule has 0 saturated carbocycles. The van der Waals surface area contributed by atoms with E-state index in [4.69, 9.17) is 4.74 Å². The molecule has 1 atom stereocenters. The van der Waals surface area contributed by atoms with Crippen LogP contribution in [0.4, 0.5) is 4.79 Å². The molecular formula is C28H29N9O5. The number of rotatable bonds is 6. The number of hydrogen-bond donors (Lipinski definition) is 1. The van der Waals surface area contributed by atoms with Gasteiger partial charge in [-0.2, -0.15) is 20.7 Å². The van der Waals surface area contributed by atoms with Crippen LogP contribution < -0.4 is 4.74 Å². The van der Waals surface area contributed by atoms with Crippen LogP contribution in [-0.2, 0) is 4.79 Å². The molecule has 2 saturated heterocycles. The third kappa shape index (κ3) is 5.10. The SMILES string of the molecule is C=CC(=O)N1CCN(C(=O)N2CCC(n3cc(C(=O)O)c(-c4cc(OC)c5c(C#N)cnn5c4)n3)CC2)C[C@@H]1CC#N. The van der Waals surface area contributed by atoms with Crippen molar-refractivity contribution in [2.45, 2.75) is 31.3 Å². The molecule has 2 aliphatic rings. The number of carboxylic acid groups (broad SMARTS) is 1. The molecule has 0 spiro atoms. The molecule has 0 unspecified atom stereocenters. The van der Waals surface area contributed by atoms with E-state index in [0.717, 1.165) is 0 Å². The lowest BCUT2D eigenvalue weighted by Gasteiger charge is -2.43. The predicted octanol–water partition coefficient (Wildman–Crippen LogP) is 2.15. The number of piperidine rings is 1. The van der Waals surface area contributed by atoms with E-state index >= 15 is 0 Å². The van der Waals surface area contributed by atoms with Gasteiger partial charge in [-0.1, -0.05) is 6.58 Å². The minimum atomic E-state index is -1.14. The van der Waals surface area contributed by atoms with Crippen molar-refractivity contribution in [2.75, 3.05) is 39.8 Å². The van der Waals surface area contributed by atoms with Gasteiger partial charge in [-0.25, -0.2) is 14.1 Å². The maximum absolute atomic E-state index is 13.3. The van der Waals surface area contributed by atoms with Gasteiger partial charge in [0, 0.05) is 50.7 Å². The summed E-state index contributed by atoms with van der Waals surface area (Å²) in [6.45, 7) is 5.39. The normalized spacial score (nSPS) is 17.5. The fourth-order valence-electron chi connectivity index (χ4n) is 5.64. The number of fused-ring (bicyclic) bond motifs is 1. The molecule has 0 aliphatic carbocycles. The highest BCUT2D eigenvalue weighted by molar-refractivity contribution is 5.95. The van der Waals surface area contributed by atoms with Crippen LogP contribution in [0.2, 0.25) is 0 Å². The van der Waals surface area contributed by atoms with E-state index < -0.39 is 12.0 Å². The van der Waals surface area contributed by atoms with Crippen LogP contribution >= 0.6 is 0 Å². The highest BCUT2D eigenvalue weighted by Crippen LogP contribution is 2.33. The van der Waals surface area contributed by atoms with Gasteiger partial charge < -0.3 is 24.5 Å². The van der Waals surface area contributed by atoms with Crippen LogP contribution in [0.25, 0.3) is 16.8 Å². The van der Waals surface area contributed by atoms with Crippen LogP contribution in [0, 0.1) is 22.7 Å². The third-order valence-electron chi connectivity index (χ3n) is 7.80. The molecule has 14 heteroatoms. The van der Waals surface area contributed by atoms with Gasteiger partial charge >= 0.3 is 12.0 Å². The van der Waals surface area contributed by atoms with Gasteiger partial charge in [0.05, 0.1) is 37.9 Å². The highest BCUT2D eigenvalue weighted by atomic mass is 16.5. The molecule has 1 N–H and O–H groups in total. The highest BCUT2D eigenvalue weighted by Gasteiger charge is 2.35. The number of piperazine rings is 1. The summed E-state index contributed by atoms with van der Waals surface area (Å²) >= 11 is 0. The number of aromatic nitrogens is 4. The van der Waals surface area contributed by atoms with Crippen molar-refractivity contribution in [3.05, 3.63) is 48.4 Å². The second-order valence-electron chi connectivity index (χ2n) is 10.1. The van der Waals surface area contributed by atoms with Crippen LogP contribution in [0.3, 0.4) is 0 Å². The van der Waals surface area contributed by atoms with Gasteiger partial charge in [-0.15, -0.1) is 0 Å². The van der Waals surface area contributed by atoms with Gasteiger partial charge in [-0.3, -0.25) is 9.48 Å². The first-order chi connectivity index (χ1) is 20.3. The molecule has 42 heavy (non-hydrogen) atoms. The third-order valence-corrected chi connectivity index (χ3v) is 7.80. The smallest absolute Gasteiger partial charge is 0.339 e. The maximum Gasteiger partial charge on any atom is 0.339 e. The quantitative estimate of drug-likeness (QED) is 0.435. The van der Waals surface area contributed by atoms with E-state index in [2.05, 4.69) is 28.9 Å². The van der Waals surface area contributed by atoms with Gasteiger partial charge in [0.1, 0.15) is 34.2 Å². The van der Waals surface area contributed by atoms with E-state index in [9.17, 15) is 30.0 Å². The summed E-state index contributed by atoms with van der Waals surface area (Å²) in [6, 6.07) is 5.14. The van der Waals surface area contributed by atoms with Crippen molar-refractivity contribution in [3.8, 4) is 29.1 Å². The molecule has 2 aliphatic heterocycles. The van der Waals surface area contributed by atoms with Crippen molar-refractivity contribution in [1.29, 1.82) is 10.5 Å². The first kappa shape index (κ1) is 28.2. The van der Waals surface area contributed by atoms with Gasteiger partial charge in [-0.05, 0) is 25.0 Å². The molecule has 2 fully saturated rings. The number of carbonyl (C=O) groups excluding carboxylic acids is 2. The number of nitriles is 2. The number of urea groups is 1. The van der Waals surface area contributed by atoms with E-state index in [1.807, 2.05) is 0 Å². The number of methoxy groups -OCH3 is 1. The number of nitrogens with zero attached hydrogens (tertiary/aromatic N) is 9. The number of carboxylic acids is 1. The summed E-state index contributed by atoms with van der Waals surface area (Å²) in [4.78, 5) is 42.7. The topological polar surface area (TPSA) is 173 Å². The van der Waals surface area contributed by atoms with Crippen molar-refractivity contribution >= 4 is 23.4 Å². The Balaban J connectivity index is 1.31. The van der Waals surface area contributed by atoms with Crippen molar-refractivity contribution in [2.24, 2.45) is 0 Å². The van der Waals surface area contributed by atoms with Gasteiger partial charge in [0.2, 0.25) is 5.91 Å². The first-order valence-electron chi connectivity index (χ1n) is 13.4. The Morgan fingerprint density at radius 1 is 1.17 bits per heavy atom. The Morgan fingerprint density at radius 2 is 1.93 bits per heavy atom. The Hall–Kier alpha value is -5.37. The zero-order valence-electron chi connectivity index (χ0n) is 23.0. The Morgan fingerprint density at radius 3 is 2.57 bits per heavy atom. The van der Waals surface area contributed by atoms with Crippen LogP contribution in [0.15, 0.2) is 37.3 Å². The molecule has 0 radical (unpaired) electrons. The molecule has 3 aromatic rings. The molecule has 3 aromatic heterocycles. The number of pyridine rings is 1. The summed E-state index contributed by atoms with van der Waals surface area (Å²) in [5, 5.41) is 37.4. The minimum absolute atomic E-state index is 0.0121. The molecule has 3 amide bonds. The summed E-state index contributed by atoms with van der Waals surface area (Å²) in [5.41, 5.74) is 1.53. The lowest BCUT2D eigenvalue weighted by molar-refractivity contribution is -0.130. The second kappa shape index (κ2) is 11.6. The lowest BCUT2D eigenvalue weighted by atomic mass is 10.1. The van der Waals surface area contributed by atoms with E-state index in [0.29, 0.717) is 61.4 Å². The fourth-order valence-corrected chi connectivity index (χ4v) is 5.64. The number of hydrogen-bond acceptors (Lipinski definition) is 8. The molecular weight excluding hydrogens is 542 g/mol.